The standard InChI is InChI=1S/C21H21ClN2O2/c1-3-18(15-9-11-17(22)12-10-15)23-20(25)13-19-14(2)26-21(24-19)16-7-5-4-6-8-16/h4-12,18H,3,13H2,1-2H3,(H,23,25)/t18-/m1/s1. The molecule has 3 aromatic rings. The van der Waals surface area contributed by atoms with Crippen LogP contribution in [0.3, 0.4) is 0 Å². The molecule has 1 heterocycles. The number of hydrogen-bond acceptors (Lipinski definition) is 3. The molecule has 5 heteroatoms. The van der Waals surface area contributed by atoms with Gasteiger partial charge in [0.25, 0.3) is 0 Å². The van der Waals surface area contributed by atoms with Gasteiger partial charge in [-0.2, -0.15) is 0 Å². The van der Waals surface area contributed by atoms with Crippen molar-refractivity contribution in [2.24, 2.45) is 0 Å². The summed E-state index contributed by atoms with van der Waals surface area (Å²) in [6, 6.07) is 17.1. The highest BCUT2D eigenvalue weighted by Gasteiger charge is 2.17. The Bertz CT molecular complexity index is 873. The Hall–Kier alpha value is -2.59. The van der Waals surface area contributed by atoms with E-state index in [1.54, 1.807) is 0 Å². The lowest BCUT2D eigenvalue weighted by Gasteiger charge is -2.17. The van der Waals surface area contributed by atoms with E-state index in [0.717, 1.165) is 17.5 Å². The molecule has 1 atom stereocenters. The third kappa shape index (κ3) is 4.33. The van der Waals surface area contributed by atoms with Gasteiger partial charge >= 0.3 is 0 Å². The molecule has 3 rings (SSSR count). The van der Waals surface area contributed by atoms with Gasteiger partial charge in [-0.25, -0.2) is 4.98 Å². The summed E-state index contributed by atoms with van der Waals surface area (Å²) in [6.07, 6.45) is 0.979. The van der Waals surface area contributed by atoms with E-state index >= 15 is 0 Å². The third-order valence-electron chi connectivity index (χ3n) is 4.26. The Balaban J connectivity index is 1.69. The van der Waals surface area contributed by atoms with Crippen LogP contribution in [0.25, 0.3) is 11.5 Å². The molecule has 26 heavy (non-hydrogen) atoms. The molecule has 0 radical (unpaired) electrons. The fourth-order valence-corrected chi connectivity index (χ4v) is 2.94. The van der Waals surface area contributed by atoms with Gasteiger partial charge in [0, 0.05) is 10.6 Å². The van der Waals surface area contributed by atoms with Crippen LogP contribution in [0.2, 0.25) is 5.02 Å². The lowest BCUT2D eigenvalue weighted by molar-refractivity contribution is -0.121. The van der Waals surface area contributed by atoms with E-state index in [1.807, 2.05) is 68.4 Å². The summed E-state index contributed by atoms with van der Waals surface area (Å²) in [7, 11) is 0. The number of aromatic nitrogens is 1. The number of carbonyl (C=O) groups is 1. The average molecular weight is 369 g/mol. The molecule has 0 aliphatic carbocycles. The van der Waals surface area contributed by atoms with Crippen molar-refractivity contribution in [2.75, 3.05) is 0 Å². The first-order chi connectivity index (χ1) is 12.6. The summed E-state index contributed by atoms with van der Waals surface area (Å²) in [4.78, 5) is 17.0. The molecule has 0 bridgehead atoms. The molecule has 134 valence electrons. The van der Waals surface area contributed by atoms with Crippen LogP contribution in [0.15, 0.2) is 59.0 Å². The predicted octanol–water partition coefficient (Wildman–Crippen LogP) is 5.11. The first-order valence-electron chi connectivity index (χ1n) is 8.63. The molecule has 2 aromatic carbocycles. The van der Waals surface area contributed by atoms with Crippen molar-refractivity contribution in [1.82, 2.24) is 10.3 Å². The summed E-state index contributed by atoms with van der Waals surface area (Å²) in [5, 5.41) is 3.75. The van der Waals surface area contributed by atoms with Crippen molar-refractivity contribution in [2.45, 2.75) is 32.7 Å². The van der Waals surface area contributed by atoms with Gasteiger partial charge in [0.05, 0.1) is 18.2 Å². The van der Waals surface area contributed by atoms with Crippen molar-refractivity contribution >= 4 is 17.5 Å². The minimum absolute atomic E-state index is 0.0550. The maximum absolute atomic E-state index is 12.5. The number of hydrogen-bond donors (Lipinski definition) is 1. The number of carbonyl (C=O) groups excluding carboxylic acids is 1. The smallest absolute Gasteiger partial charge is 0.226 e. The molecular weight excluding hydrogens is 348 g/mol. The van der Waals surface area contributed by atoms with Gasteiger partial charge in [0.15, 0.2) is 0 Å². The van der Waals surface area contributed by atoms with Crippen LogP contribution in [0, 0.1) is 6.92 Å². The van der Waals surface area contributed by atoms with Gasteiger partial charge in [-0.15, -0.1) is 0 Å². The van der Waals surface area contributed by atoms with E-state index in [9.17, 15) is 4.79 Å². The van der Waals surface area contributed by atoms with Crippen LogP contribution in [-0.2, 0) is 11.2 Å². The zero-order chi connectivity index (χ0) is 18.5. The van der Waals surface area contributed by atoms with Gasteiger partial charge in [0.1, 0.15) is 5.76 Å². The number of nitrogens with one attached hydrogen (secondary N) is 1. The lowest BCUT2D eigenvalue weighted by atomic mass is 10.0. The van der Waals surface area contributed by atoms with Crippen LogP contribution >= 0.6 is 11.6 Å². The minimum atomic E-state index is -0.0807. The Morgan fingerprint density at radius 1 is 1.15 bits per heavy atom. The summed E-state index contributed by atoms with van der Waals surface area (Å²) < 4.78 is 5.72. The first kappa shape index (κ1) is 18.2. The Labute approximate surface area is 158 Å². The van der Waals surface area contributed by atoms with Crippen molar-refractivity contribution in [1.29, 1.82) is 0 Å². The predicted molar refractivity (Wildman–Crippen MR) is 103 cm³/mol. The number of aryl methyl sites for hydroxylation is 1. The molecule has 4 nitrogen and oxygen atoms in total. The minimum Gasteiger partial charge on any atom is -0.441 e. The number of amides is 1. The van der Waals surface area contributed by atoms with E-state index in [4.69, 9.17) is 16.0 Å². The normalized spacial score (nSPS) is 12.0. The molecule has 0 saturated carbocycles. The summed E-state index contributed by atoms with van der Waals surface area (Å²) in [5.41, 5.74) is 2.59. The quantitative estimate of drug-likeness (QED) is 0.657. The molecule has 0 spiro atoms. The monoisotopic (exact) mass is 368 g/mol. The van der Waals surface area contributed by atoms with Gasteiger partial charge in [-0.1, -0.05) is 48.9 Å². The number of oxazole rings is 1. The highest BCUT2D eigenvalue weighted by Crippen LogP contribution is 2.23. The second-order valence-corrected chi connectivity index (χ2v) is 6.58. The number of nitrogens with zero attached hydrogens (tertiary/aromatic N) is 1. The van der Waals surface area contributed by atoms with Crippen molar-refractivity contribution < 1.29 is 9.21 Å². The van der Waals surface area contributed by atoms with Crippen LogP contribution < -0.4 is 5.32 Å². The zero-order valence-corrected chi connectivity index (χ0v) is 15.6. The largest absolute Gasteiger partial charge is 0.441 e. The van der Waals surface area contributed by atoms with Gasteiger partial charge in [-0.05, 0) is 43.2 Å². The topological polar surface area (TPSA) is 55.1 Å². The molecule has 0 fully saturated rings. The summed E-state index contributed by atoms with van der Waals surface area (Å²) in [5.74, 6) is 1.12. The molecular formula is C21H21ClN2O2. The molecule has 1 amide bonds. The highest BCUT2D eigenvalue weighted by molar-refractivity contribution is 6.30. The van der Waals surface area contributed by atoms with E-state index < -0.39 is 0 Å². The van der Waals surface area contributed by atoms with Crippen molar-refractivity contribution in [3.63, 3.8) is 0 Å². The van der Waals surface area contributed by atoms with Gasteiger partial charge in [-0.3, -0.25) is 4.79 Å². The van der Waals surface area contributed by atoms with Gasteiger partial charge < -0.3 is 9.73 Å². The summed E-state index contributed by atoms with van der Waals surface area (Å²) in [6.45, 7) is 3.87. The second kappa shape index (κ2) is 8.19. The van der Waals surface area contributed by atoms with Crippen molar-refractivity contribution in [3.8, 4) is 11.5 Å². The molecule has 1 aromatic heterocycles. The first-order valence-corrected chi connectivity index (χ1v) is 9.01. The fourth-order valence-electron chi connectivity index (χ4n) is 2.81. The number of rotatable bonds is 6. The van der Waals surface area contributed by atoms with Crippen molar-refractivity contribution in [3.05, 3.63) is 76.6 Å². The Morgan fingerprint density at radius 2 is 1.85 bits per heavy atom. The van der Waals surface area contributed by atoms with Crippen LogP contribution in [0.1, 0.15) is 36.4 Å². The highest BCUT2D eigenvalue weighted by atomic mass is 35.5. The van der Waals surface area contributed by atoms with E-state index in [1.165, 1.54) is 0 Å². The lowest BCUT2D eigenvalue weighted by Crippen LogP contribution is -2.29. The maximum Gasteiger partial charge on any atom is 0.226 e. The van der Waals surface area contributed by atoms with Crippen LogP contribution in [-0.4, -0.2) is 10.9 Å². The van der Waals surface area contributed by atoms with E-state index in [2.05, 4.69) is 10.3 Å². The second-order valence-electron chi connectivity index (χ2n) is 6.14. The molecule has 1 N–H and O–H groups in total. The number of benzene rings is 2. The molecule has 0 unspecified atom stereocenters. The van der Waals surface area contributed by atoms with Crippen LogP contribution in [0.5, 0.6) is 0 Å². The molecule has 0 saturated heterocycles. The van der Waals surface area contributed by atoms with E-state index in [-0.39, 0.29) is 18.4 Å². The fraction of sp³-hybridized carbons (Fsp3) is 0.238. The Morgan fingerprint density at radius 3 is 2.50 bits per heavy atom. The van der Waals surface area contributed by atoms with E-state index in [0.29, 0.717) is 22.4 Å². The Kier molecular flexibility index (Phi) is 5.74. The summed E-state index contributed by atoms with van der Waals surface area (Å²) >= 11 is 5.94. The van der Waals surface area contributed by atoms with Gasteiger partial charge in [0.2, 0.25) is 11.8 Å². The number of halogens is 1. The van der Waals surface area contributed by atoms with Crippen LogP contribution in [0.4, 0.5) is 0 Å². The average Bonchev–Trinajstić information content (AvgIpc) is 3.02. The maximum atomic E-state index is 12.5. The third-order valence-corrected chi connectivity index (χ3v) is 4.51. The molecule has 0 aliphatic heterocycles. The zero-order valence-electron chi connectivity index (χ0n) is 14.8. The molecule has 0 aliphatic rings. The SMILES string of the molecule is CC[C@@H](NC(=O)Cc1nc(-c2ccccc2)oc1C)c1ccc(Cl)cc1.